The number of unbranched alkanes of at least 4 members (excludes halogenated alkanes) is 2. The van der Waals surface area contributed by atoms with Crippen LogP contribution in [0, 0.1) is 0 Å². The predicted octanol–water partition coefficient (Wildman–Crippen LogP) is 3.27. The summed E-state index contributed by atoms with van der Waals surface area (Å²) in [6, 6.07) is 0. The molecule has 0 saturated heterocycles. The average molecular weight is 141 g/mol. The molecule has 0 nitrogen and oxygen atoms in total. The van der Waals surface area contributed by atoms with Crippen LogP contribution in [0.1, 0.15) is 33.1 Å². The second-order valence-electron chi connectivity index (χ2n) is 1.35. The molecule has 0 aliphatic rings. The van der Waals surface area contributed by atoms with E-state index in [2.05, 4.69) is 36.4 Å². The summed E-state index contributed by atoms with van der Waals surface area (Å²) in [6.45, 7) is 4.42. The summed E-state index contributed by atoms with van der Waals surface area (Å²) in [7, 11) is 4.33. The van der Waals surface area contributed by atoms with E-state index in [0.717, 1.165) is 0 Å². The van der Waals surface area contributed by atoms with E-state index in [0.29, 0.717) is 0 Å². The Labute approximate surface area is 56.2 Å². The summed E-state index contributed by atoms with van der Waals surface area (Å²) < 4.78 is 0. The fourth-order valence-corrected chi connectivity index (χ4v) is 0.354. The van der Waals surface area contributed by atoms with Crippen molar-refractivity contribution in [3.63, 3.8) is 0 Å². The van der Waals surface area contributed by atoms with Crippen molar-refractivity contribution in [1.82, 2.24) is 0 Å². The lowest BCUT2D eigenvalue weighted by Gasteiger charge is -1.79. The van der Waals surface area contributed by atoms with Crippen LogP contribution in [-0.4, -0.2) is 0 Å². The second kappa shape index (κ2) is 15.9. The minimum absolute atomic E-state index is 1.34. The largest absolute Gasteiger partial charge is 0.0728 e. The Bertz CT molecular complexity index is 15.6. The van der Waals surface area contributed by atoms with Gasteiger partial charge in [-0.3, -0.25) is 0 Å². The first-order chi connectivity index (χ1) is 3.41. The molecule has 0 atom stereocenters. The van der Waals surface area contributed by atoms with E-state index in [9.17, 15) is 0 Å². The quantitative estimate of drug-likeness (QED) is 0.560. The van der Waals surface area contributed by atoms with E-state index in [-0.39, 0.29) is 0 Å². The summed E-state index contributed by atoms with van der Waals surface area (Å²) >= 11 is 3.00. The molecule has 0 aromatic carbocycles. The molecule has 0 amide bonds. The molecule has 0 aromatic heterocycles. The van der Waals surface area contributed by atoms with Crippen LogP contribution in [0.25, 0.3) is 0 Å². The SMILES string of the molecule is CCCCC.SCl. The summed E-state index contributed by atoms with van der Waals surface area (Å²) in [5.41, 5.74) is 0. The minimum Gasteiger partial charge on any atom is -0.0728 e. The number of hydrogen-bond donors (Lipinski definition) is 1. The normalized spacial score (nSPS) is 6.86. The fourth-order valence-electron chi connectivity index (χ4n) is 0.354. The molecule has 0 spiro atoms. The number of halogens is 1. The van der Waals surface area contributed by atoms with Crippen LogP contribution in [0.15, 0.2) is 0 Å². The topological polar surface area (TPSA) is 0 Å². The van der Waals surface area contributed by atoms with Gasteiger partial charge in [-0.1, -0.05) is 45.0 Å². The van der Waals surface area contributed by atoms with Gasteiger partial charge in [0.1, 0.15) is 0 Å². The van der Waals surface area contributed by atoms with Gasteiger partial charge in [0.2, 0.25) is 0 Å². The Morgan fingerprint density at radius 2 is 1.43 bits per heavy atom. The molecule has 0 N–H and O–H groups in total. The van der Waals surface area contributed by atoms with E-state index in [1.165, 1.54) is 19.3 Å². The van der Waals surface area contributed by atoms with Gasteiger partial charge in [0.15, 0.2) is 0 Å². The second-order valence-corrected chi connectivity index (χ2v) is 1.35. The van der Waals surface area contributed by atoms with Gasteiger partial charge in [0.05, 0.1) is 0 Å². The zero-order valence-electron chi connectivity index (χ0n) is 4.95. The highest BCUT2D eigenvalue weighted by atomic mass is 35.7. The Morgan fingerprint density at radius 1 is 1.14 bits per heavy atom. The van der Waals surface area contributed by atoms with Gasteiger partial charge in [-0.25, -0.2) is 0 Å². The van der Waals surface area contributed by atoms with Gasteiger partial charge in [0, 0.05) is 0 Å². The molecule has 46 valence electrons. The smallest absolute Gasteiger partial charge is 0.0479 e. The molecule has 7 heavy (non-hydrogen) atoms. The molecular weight excluding hydrogens is 128 g/mol. The highest BCUT2D eigenvalue weighted by Crippen LogP contribution is 1.88. The highest BCUT2D eigenvalue weighted by molar-refractivity contribution is 8.05. The molecule has 0 fully saturated rings. The van der Waals surface area contributed by atoms with Gasteiger partial charge in [-0.2, -0.15) is 0 Å². The van der Waals surface area contributed by atoms with Crippen molar-refractivity contribution in [1.29, 1.82) is 0 Å². The summed E-state index contributed by atoms with van der Waals surface area (Å²) in [5.74, 6) is 0. The summed E-state index contributed by atoms with van der Waals surface area (Å²) in [5, 5.41) is 0. The van der Waals surface area contributed by atoms with Gasteiger partial charge in [0.25, 0.3) is 0 Å². The highest BCUT2D eigenvalue weighted by Gasteiger charge is 1.68. The van der Waals surface area contributed by atoms with Crippen molar-refractivity contribution >= 4 is 22.5 Å². The molecular formula is C5H13ClS. The van der Waals surface area contributed by atoms with Gasteiger partial charge in [-0.05, 0) is 10.7 Å². The lowest BCUT2D eigenvalue weighted by atomic mass is 10.3. The standard InChI is InChI=1S/C5H12.ClHS/c1-3-5-4-2;1-2/h3-5H2,1-2H3;2H. The summed E-state index contributed by atoms with van der Waals surface area (Å²) in [4.78, 5) is 0. The van der Waals surface area contributed by atoms with Crippen LogP contribution in [0.3, 0.4) is 0 Å². The van der Waals surface area contributed by atoms with Crippen LogP contribution >= 0.6 is 22.5 Å². The Morgan fingerprint density at radius 3 is 1.43 bits per heavy atom. The van der Waals surface area contributed by atoms with Crippen LogP contribution in [0.2, 0.25) is 0 Å². The van der Waals surface area contributed by atoms with Crippen molar-refractivity contribution in [3.8, 4) is 0 Å². The lowest BCUT2D eigenvalue weighted by Crippen LogP contribution is -1.59. The molecule has 2 heteroatoms. The van der Waals surface area contributed by atoms with E-state index in [1.54, 1.807) is 0 Å². The summed E-state index contributed by atoms with van der Waals surface area (Å²) in [6.07, 6.45) is 4.08. The van der Waals surface area contributed by atoms with Crippen molar-refractivity contribution in [2.75, 3.05) is 0 Å². The molecule has 0 saturated carbocycles. The van der Waals surface area contributed by atoms with Crippen molar-refractivity contribution in [2.45, 2.75) is 33.1 Å². The van der Waals surface area contributed by atoms with E-state index < -0.39 is 0 Å². The van der Waals surface area contributed by atoms with Gasteiger partial charge < -0.3 is 0 Å². The molecule has 0 aromatic rings. The molecule has 0 aliphatic heterocycles. The molecule has 0 unspecified atom stereocenters. The Kier molecular flexibility index (Phi) is 24.1. The first-order valence-electron chi connectivity index (χ1n) is 2.58. The van der Waals surface area contributed by atoms with E-state index in [1.807, 2.05) is 0 Å². The van der Waals surface area contributed by atoms with Crippen LogP contribution in [-0.2, 0) is 0 Å². The van der Waals surface area contributed by atoms with Crippen LogP contribution in [0.4, 0.5) is 0 Å². The average Bonchev–Trinajstić information content (AvgIpc) is 1.75. The Hall–Kier alpha value is 0.640. The molecule has 0 radical (unpaired) electrons. The molecule has 0 bridgehead atoms. The minimum atomic E-state index is 1.34. The van der Waals surface area contributed by atoms with Crippen molar-refractivity contribution < 1.29 is 0 Å². The molecule has 0 aliphatic carbocycles. The maximum atomic E-state index is 4.33. The zero-order valence-corrected chi connectivity index (χ0v) is 6.60. The van der Waals surface area contributed by atoms with Gasteiger partial charge in [-0.15, -0.1) is 0 Å². The van der Waals surface area contributed by atoms with Crippen LogP contribution in [0.5, 0.6) is 0 Å². The fraction of sp³-hybridized carbons (Fsp3) is 1.00. The monoisotopic (exact) mass is 140 g/mol. The molecule has 0 rings (SSSR count). The van der Waals surface area contributed by atoms with Crippen LogP contribution < -0.4 is 0 Å². The number of hydrogen-bond acceptors (Lipinski definition) is 1. The third-order valence-corrected chi connectivity index (χ3v) is 0.707. The van der Waals surface area contributed by atoms with E-state index >= 15 is 0 Å². The first kappa shape index (κ1) is 10.6. The molecule has 0 heterocycles. The predicted molar refractivity (Wildman–Crippen MR) is 40.0 cm³/mol. The van der Waals surface area contributed by atoms with Crippen molar-refractivity contribution in [2.24, 2.45) is 0 Å². The lowest BCUT2D eigenvalue weighted by molar-refractivity contribution is 0.772. The number of thiol groups is 1. The Balaban J connectivity index is 0. The maximum Gasteiger partial charge on any atom is -0.0479 e. The van der Waals surface area contributed by atoms with Gasteiger partial charge >= 0.3 is 0 Å². The third kappa shape index (κ3) is 20.5. The maximum absolute atomic E-state index is 4.33. The van der Waals surface area contributed by atoms with E-state index in [4.69, 9.17) is 0 Å². The number of rotatable bonds is 2. The zero-order chi connectivity index (χ0) is 6.12. The van der Waals surface area contributed by atoms with Crippen molar-refractivity contribution in [3.05, 3.63) is 0 Å². The third-order valence-electron chi connectivity index (χ3n) is 0.707. The first-order valence-corrected chi connectivity index (χ1v) is 3.94.